The Morgan fingerprint density at radius 3 is 2.30 bits per heavy atom. The fourth-order valence-corrected chi connectivity index (χ4v) is 3.37. The molecule has 1 rings (SSSR count). The molecule has 0 spiro atoms. The lowest BCUT2D eigenvalue weighted by molar-refractivity contribution is 0.453. The number of nitrogens with one attached hydrogen (secondary N) is 1. The maximum absolute atomic E-state index is 12.5. The summed E-state index contributed by atoms with van der Waals surface area (Å²) in [7, 11) is -3.43. The van der Waals surface area contributed by atoms with Crippen LogP contribution in [0.25, 0.3) is 0 Å². The molecule has 112 valence electrons. The molecule has 1 aromatic rings. The zero-order valence-corrected chi connectivity index (χ0v) is 13.3. The van der Waals surface area contributed by atoms with Crippen molar-refractivity contribution < 1.29 is 8.42 Å². The predicted molar refractivity (Wildman–Crippen MR) is 83.1 cm³/mol. The molecule has 20 heavy (non-hydrogen) atoms. The summed E-state index contributed by atoms with van der Waals surface area (Å²) in [5, 5.41) is 3.21. The molecule has 0 amide bonds. The maximum atomic E-state index is 12.5. The minimum absolute atomic E-state index is 0.334. The Kier molecular flexibility index (Phi) is 6.39. The summed E-state index contributed by atoms with van der Waals surface area (Å²) in [6.07, 6.45) is 0. The van der Waals surface area contributed by atoms with Crippen molar-refractivity contribution in [3.63, 3.8) is 0 Å². The van der Waals surface area contributed by atoms with Crippen LogP contribution in [-0.2, 0) is 16.6 Å². The molecular formula is C15H24N2O2S. The Bertz CT molecular complexity index is 535. The van der Waals surface area contributed by atoms with Gasteiger partial charge in [-0.25, -0.2) is 8.42 Å². The number of sulfonamides is 1. The Labute approximate surface area is 122 Å². The summed E-state index contributed by atoms with van der Waals surface area (Å²) in [4.78, 5) is 0.334. The molecule has 1 N–H and O–H groups in total. The summed E-state index contributed by atoms with van der Waals surface area (Å²) >= 11 is 0. The van der Waals surface area contributed by atoms with Gasteiger partial charge in [0.15, 0.2) is 0 Å². The van der Waals surface area contributed by atoms with Gasteiger partial charge in [0.2, 0.25) is 10.0 Å². The maximum Gasteiger partial charge on any atom is 0.243 e. The molecule has 0 aromatic heterocycles. The standard InChI is InChI=1S/C15H24N2O2S/c1-5-16-11-14-7-9-15(10-8-14)20(18,19)17(6-2)12-13(3)4/h7-10,16H,3,5-6,11-12H2,1-2,4H3. The minimum Gasteiger partial charge on any atom is -0.313 e. The van der Waals surface area contributed by atoms with Crippen LogP contribution in [0.3, 0.4) is 0 Å². The van der Waals surface area contributed by atoms with Crippen LogP contribution in [0.4, 0.5) is 0 Å². The first-order valence-corrected chi connectivity index (χ1v) is 8.30. The monoisotopic (exact) mass is 296 g/mol. The van der Waals surface area contributed by atoms with Crippen molar-refractivity contribution in [1.29, 1.82) is 0 Å². The van der Waals surface area contributed by atoms with E-state index in [1.807, 2.05) is 32.9 Å². The quantitative estimate of drug-likeness (QED) is 0.749. The van der Waals surface area contributed by atoms with Crippen LogP contribution in [0.5, 0.6) is 0 Å². The van der Waals surface area contributed by atoms with Crippen LogP contribution in [0.1, 0.15) is 26.3 Å². The highest BCUT2D eigenvalue weighted by Crippen LogP contribution is 2.17. The molecule has 0 bridgehead atoms. The van der Waals surface area contributed by atoms with Gasteiger partial charge in [0.1, 0.15) is 0 Å². The Morgan fingerprint density at radius 1 is 1.25 bits per heavy atom. The van der Waals surface area contributed by atoms with Crippen molar-refractivity contribution in [3.05, 3.63) is 42.0 Å². The molecule has 5 heteroatoms. The molecule has 0 heterocycles. The zero-order valence-electron chi connectivity index (χ0n) is 12.5. The van der Waals surface area contributed by atoms with Crippen LogP contribution >= 0.6 is 0 Å². The van der Waals surface area contributed by atoms with Gasteiger partial charge in [0.25, 0.3) is 0 Å². The van der Waals surface area contributed by atoms with E-state index in [1.165, 1.54) is 4.31 Å². The van der Waals surface area contributed by atoms with Crippen LogP contribution < -0.4 is 5.32 Å². The molecule has 0 aliphatic carbocycles. The second-order valence-electron chi connectivity index (χ2n) is 4.81. The second kappa shape index (κ2) is 7.57. The average Bonchev–Trinajstić information content (AvgIpc) is 2.42. The topological polar surface area (TPSA) is 49.4 Å². The van der Waals surface area contributed by atoms with Gasteiger partial charge < -0.3 is 5.32 Å². The van der Waals surface area contributed by atoms with Crippen molar-refractivity contribution in [1.82, 2.24) is 9.62 Å². The van der Waals surface area contributed by atoms with E-state index in [-0.39, 0.29) is 0 Å². The highest BCUT2D eigenvalue weighted by molar-refractivity contribution is 7.89. The third kappa shape index (κ3) is 4.44. The molecule has 0 saturated carbocycles. The summed E-state index contributed by atoms with van der Waals surface area (Å²) < 4.78 is 26.4. The SMILES string of the molecule is C=C(C)CN(CC)S(=O)(=O)c1ccc(CNCC)cc1. The van der Waals surface area contributed by atoms with E-state index in [0.717, 1.165) is 24.2 Å². The van der Waals surface area contributed by atoms with Crippen molar-refractivity contribution in [2.75, 3.05) is 19.6 Å². The van der Waals surface area contributed by atoms with E-state index in [4.69, 9.17) is 0 Å². The summed E-state index contributed by atoms with van der Waals surface area (Å²) in [5.74, 6) is 0. The highest BCUT2D eigenvalue weighted by Gasteiger charge is 2.22. The number of likely N-dealkylation sites (N-methyl/N-ethyl adjacent to an activating group) is 1. The average molecular weight is 296 g/mol. The lowest BCUT2D eigenvalue weighted by Crippen LogP contribution is -2.32. The zero-order chi connectivity index (χ0) is 15.2. The van der Waals surface area contributed by atoms with Crippen molar-refractivity contribution >= 4 is 10.0 Å². The second-order valence-corrected chi connectivity index (χ2v) is 6.75. The summed E-state index contributed by atoms with van der Waals surface area (Å²) in [6, 6.07) is 7.04. The van der Waals surface area contributed by atoms with Gasteiger partial charge >= 0.3 is 0 Å². The van der Waals surface area contributed by atoms with E-state index in [9.17, 15) is 8.42 Å². The normalized spacial score (nSPS) is 11.8. The first kappa shape index (κ1) is 16.9. The Balaban J connectivity index is 2.94. The third-order valence-corrected chi connectivity index (χ3v) is 4.87. The number of benzene rings is 1. The van der Waals surface area contributed by atoms with Crippen LogP contribution in [0.2, 0.25) is 0 Å². The van der Waals surface area contributed by atoms with Gasteiger partial charge in [-0.15, -0.1) is 0 Å². The van der Waals surface area contributed by atoms with Crippen molar-refractivity contribution in [2.45, 2.75) is 32.2 Å². The highest BCUT2D eigenvalue weighted by atomic mass is 32.2. The molecule has 0 aliphatic rings. The molecule has 0 unspecified atom stereocenters. The molecule has 0 atom stereocenters. The van der Waals surface area contributed by atoms with Crippen LogP contribution in [0, 0.1) is 0 Å². The van der Waals surface area contributed by atoms with Gasteiger partial charge in [-0.2, -0.15) is 4.31 Å². The van der Waals surface area contributed by atoms with Gasteiger partial charge in [0.05, 0.1) is 4.90 Å². The largest absolute Gasteiger partial charge is 0.313 e. The van der Waals surface area contributed by atoms with E-state index < -0.39 is 10.0 Å². The minimum atomic E-state index is -3.43. The first-order valence-electron chi connectivity index (χ1n) is 6.86. The van der Waals surface area contributed by atoms with Gasteiger partial charge in [-0.1, -0.05) is 38.1 Å². The number of rotatable bonds is 8. The molecule has 0 radical (unpaired) electrons. The number of nitrogens with zero attached hydrogens (tertiary/aromatic N) is 1. The molecule has 0 fully saturated rings. The lowest BCUT2D eigenvalue weighted by Gasteiger charge is -2.20. The van der Waals surface area contributed by atoms with Crippen LogP contribution in [-0.4, -0.2) is 32.4 Å². The number of hydrogen-bond acceptors (Lipinski definition) is 3. The summed E-state index contributed by atoms with van der Waals surface area (Å²) in [6.45, 7) is 11.9. The molecule has 4 nitrogen and oxygen atoms in total. The number of hydrogen-bond donors (Lipinski definition) is 1. The fourth-order valence-electron chi connectivity index (χ4n) is 1.87. The first-order chi connectivity index (χ1) is 9.41. The third-order valence-electron chi connectivity index (χ3n) is 2.94. The van der Waals surface area contributed by atoms with E-state index in [2.05, 4.69) is 11.9 Å². The van der Waals surface area contributed by atoms with E-state index >= 15 is 0 Å². The van der Waals surface area contributed by atoms with Gasteiger partial charge in [0, 0.05) is 19.6 Å². The Hall–Kier alpha value is -1.17. The van der Waals surface area contributed by atoms with Gasteiger partial charge in [-0.3, -0.25) is 0 Å². The molecular weight excluding hydrogens is 272 g/mol. The molecule has 1 aromatic carbocycles. The van der Waals surface area contributed by atoms with Gasteiger partial charge in [-0.05, 0) is 31.2 Å². The molecule has 0 aliphatic heterocycles. The summed E-state index contributed by atoms with van der Waals surface area (Å²) in [5.41, 5.74) is 1.91. The fraction of sp³-hybridized carbons (Fsp3) is 0.467. The van der Waals surface area contributed by atoms with Crippen LogP contribution in [0.15, 0.2) is 41.3 Å². The van der Waals surface area contributed by atoms with E-state index in [1.54, 1.807) is 12.1 Å². The van der Waals surface area contributed by atoms with E-state index in [0.29, 0.717) is 18.0 Å². The van der Waals surface area contributed by atoms with Crippen molar-refractivity contribution in [3.8, 4) is 0 Å². The Morgan fingerprint density at radius 2 is 1.85 bits per heavy atom. The predicted octanol–water partition coefficient (Wildman–Crippen LogP) is 2.38. The smallest absolute Gasteiger partial charge is 0.243 e. The van der Waals surface area contributed by atoms with Crippen molar-refractivity contribution in [2.24, 2.45) is 0 Å². The lowest BCUT2D eigenvalue weighted by atomic mass is 10.2. The molecule has 0 saturated heterocycles.